The number of ether oxygens (including phenoxy) is 1. The highest BCUT2D eigenvalue weighted by atomic mass is 16.6. The van der Waals surface area contributed by atoms with Crippen molar-refractivity contribution in [2.45, 2.75) is 37.9 Å². The van der Waals surface area contributed by atoms with E-state index >= 15 is 0 Å². The second-order valence-electron chi connectivity index (χ2n) is 3.55. The molecule has 0 aliphatic carbocycles. The maximum Gasteiger partial charge on any atom is 0.156 e. The summed E-state index contributed by atoms with van der Waals surface area (Å²) in [4.78, 5) is 1.91. The van der Waals surface area contributed by atoms with E-state index in [1.165, 1.54) is 0 Å². The number of hydrogen-bond donors (Lipinski definition) is 2. The summed E-state index contributed by atoms with van der Waals surface area (Å²) in [6, 6.07) is -0.0104. The van der Waals surface area contributed by atoms with Crippen molar-refractivity contribution in [1.29, 1.82) is 0 Å². The maximum absolute atomic E-state index is 9.65. The summed E-state index contributed by atoms with van der Waals surface area (Å²) >= 11 is 0. The molecule has 0 bridgehead atoms. The highest BCUT2D eigenvalue weighted by Gasteiger charge is 2.35. The van der Waals surface area contributed by atoms with Crippen LogP contribution in [0.3, 0.4) is 0 Å². The number of aliphatic hydroxyl groups excluding tert-OH is 2. The van der Waals surface area contributed by atoms with Crippen LogP contribution in [0.25, 0.3) is 0 Å². The van der Waals surface area contributed by atoms with Gasteiger partial charge < -0.3 is 19.8 Å². The van der Waals surface area contributed by atoms with E-state index in [2.05, 4.69) is 0 Å². The third-order valence-electron chi connectivity index (χ3n) is 2.35. The molecule has 1 aliphatic heterocycles. The van der Waals surface area contributed by atoms with Crippen molar-refractivity contribution >= 4 is 0 Å². The van der Waals surface area contributed by atoms with Crippen LogP contribution in [0.5, 0.6) is 0 Å². The molecule has 2 N–H and O–H groups in total. The minimum absolute atomic E-state index is 0.0104. The van der Waals surface area contributed by atoms with Crippen LogP contribution in [0.2, 0.25) is 0 Å². The number of hydrogen-bond acceptors (Lipinski definition) is 4. The topological polar surface area (TPSA) is 52.9 Å². The van der Waals surface area contributed by atoms with Gasteiger partial charge in [-0.05, 0) is 21.0 Å². The van der Waals surface area contributed by atoms with Crippen LogP contribution in [0.4, 0.5) is 0 Å². The van der Waals surface area contributed by atoms with Crippen molar-refractivity contribution in [1.82, 2.24) is 4.90 Å². The fourth-order valence-electron chi connectivity index (χ4n) is 1.56. The molecule has 4 heteroatoms. The summed E-state index contributed by atoms with van der Waals surface area (Å²) < 4.78 is 5.06. The molecule has 4 nitrogen and oxygen atoms in total. The summed E-state index contributed by atoms with van der Waals surface area (Å²) in [5.41, 5.74) is 0. The van der Waals surface area contributed by atoms with Gasteiger partial charge in [-0.25, -0.2) is 0 Å². The predicted molar refractivity (Wildman–Crippen MR) is 44.7 cm³/mol. The molecule has 0 saturated carbocycles. The fraction of sp³-hybridized carbons (Fsp3) is 1.00. The average Bonchev–Trinajstić information content (AvgIpc) is 1.96. The largest absolute Gasteiger partial charge is 0.389 e. The first kappa shape index (κ1) is 9.92. The normalized spacial score (nSPS) is 43.5. The molecule has 1 rings (SSSR count). The van der Waals surface area contributed by atoms with Gasteiger partial charge in [-0.2, -0.15) is 0 Å². The second-order valence-corrected chi connectivity index (χ2v) is 3.55. The van der Waals surface area contributed by atoms with Crippen LogP contribution in [0.15, 0.2) is 0 Å². The Labute approximate surface area is 72.7 Å². The summed E-state index contributed by atoms with van der Waals surface area (Å²) in [5, 5.41) is 18.9. The smallest absolute Gasteiger partial charge is 0.156 e. The zero-order chi connectivity index (χ0) is 9.30. The highest BCUT2D eigenvalue weighted by molar-refractivity contribution is 4.85. The monoisotopic (exact) mass is 175 g/mol. The lowest BCUT2D eigenvalue weighted by atomic mass is 9.99. The summed E-state index contributed by atoms with van der Waals surface area (Å²) in [7, 11) is 3.78. The Morgan fingerprint density at radius 1 is 1.33 bits per heavy atom. The van der Waals surface area contributed by atoms with Crippen molar-refractivity contribution in [2.24, 2.45) is 0 Å². The number of nitrogens with zero attached hydrogens (tertiary/aromatic N) is 1. The predicted octanol–water partition coefficient (Wildman–Crippen LogP) is -0.595. The van der Waals surface area contributed by atoms with Crippen molar-refractivity contribution < 1.29 is 14.9 Å². The molecule has 1 aliphatic rings. The van der Waals surface area contributed by atoms with E-state index in [4.69, 9.17) is 4.74 Å². The SMILES string of the molecule is CC1O[C@@H](O)CC(N(C)C)[C@@H]1O. The first-order chi connectivity index (χ1) is 5.52. The van der Waals surface area contributed by atoms with Crippen LogP contribution < -0.4 is 0 Å². The van der Waals surface area contributed by atoms with E-state index < -0.39 is 12.4 Å². The Hall–Kier alpha value is -0.160. The molecule has 72 valence electrons. The van der Waals surface area contributed by atoms with Gasteiger partial charge in [0, 0.05) is 12.5 Å². The van der Waals surface area contributed by atoms with Gasteiger partial charge in [-0.1, -0.05) is 0 Å². The Morgan fingerprint density at radius 2 is 1.92 bits per heavy atom. The fourth-order valence-corrected chi connectivity index (χ4v) is 1.56. The zero-order valence-electron chi connectivity index (χ0n) is 7.77. The lowest BCUT2D eigenvalue weighted by Crippen LogP contribution is -2.52. The molecule has 1 fully saturated rings. The van der Waals surface area contributed by atoms with Gasteiger partial charge in [0.05, 0.1) is 12.2 Å². The van der Waals surface area contributed by atoms with Crippen molar-refractivity contribution in [3.8, 4) is 0 Å². The molecule has 12 heavy (non-hydrogen) atoms. The summed E-state index contributed by atoms with van der Waals surface area (Å²) in [6.07, 6.45) is -1.07. The Bertz CT molecular complexity index is 151. The average molecular weight is 175 g/mol. The molecule has 0 radical (unpaired) electrons. The molecule has 1 heterocycles. The molecular weight excluding hydrogens is 158 g/mol. The standard InChI is InChI=1S/C8H17NO3/c1-5-8(11)6(9(2)3)4-7(10)12-5/h5-8,10-11H,4H2,1-3H3/t5?,6?,7-,8-/m1/s1. The first-order valence-corrected chi connectivity index (χ1v) is 4.20. The minimum atomic E-state index is -0.740. The molecule has 0 spiro atoms. The van der Waals surface area contributed by atoms with Gasteiger partial charge in [0.1, 0.15) is 0 Å². The van der Waals surface area contributed by atoms with Gasteiger partial charge >= 0.3 is 0 Å². The molecule has 1 saturated heterocycles. The van der Waals surface area contributed by atoms with Gasteiger partial charge in [0.15, 0.2) is 6.29 Å². The van der Waals surface area contributed by atoms with E-state index in [-0.39, 0.29) is 12.1 Å². The number of aliphatic hydroxyl groups is 2. The third-order valence-corrected chi connectivity index (χ3v) is 2.35. The first-order valence-electron chi connectivity index (χ1n) is 4.20. The molecule has 2 unspecified atom stereocenters. The van der Waals surface area contributed by atoms with Crippen LogP contribution in [-0.2, 0) is 4.74 Å². The van der Waals surface area contributed by atoms with E-state index in [0.29, 0.717) is 6.42 Å². The summed E-state index contributed by atoms with van der Waals surface area (Å²) in [5.74, 6) is 0. The van der Waals surface area contributed by atoms with Gasteiger partial charge in [-0.3, -0.25) is 0 Å². The molecule has 0 aromatic heterocycles. The highest BCUT2D eigenvalue weighted by Crippen LogP contribution is 2.21. The third kappa shape index (κ3) is 1.95. The molecule has 0 amide bonds. The maximum atomic E-state index is 9.65. The van der Waals surface area contributed by atoms with Gasteiger partial charge in [-0.15, -0.1) is 0 Å². The van der Waals surface area contributed by atoms with Crippen molar-refractivity contribution in [3.05, 3.63) is 0 Å². The summed E-state index contributed by atoms with van der Waals surface area (Å²) in [6.45, 7) is 1.77. The van der Waals surface area contributed by atoms with E-state index in [9.17, 15) is 10.2 Å². The zero-order valence-corrected chi connectivity index (χ0v) is 7.77. The lowest BCUT2D eigenvalue weighted by molar-refractivity contribution is -0.212. The Morgan fingerprint density at radius 3 is 2.42 bits per heavy atom. The molecule has 0 aromatic carbocycles. The minimum Gasteiger partial charge on any atom is -0.389 e. The Kier molecular flexibility index (Phi) is 3.06. The van der Waals surface area contributed by atoms with E-state index in [0.717, 1.165) is 0 Å². The lowest BCUT2D eigenvalue weighted by Gasteiger charge is -2.39. The Balaban J connectivity index is 2.60. The number of rotatable bonds is 1. The van der Waals surface area contributed by atoms with Gasteiger partial charge in [0.2, 0.25) is 0 Å². The van der Waals surface area contributed by atoms with Crippen molar-refractivity contribution in [2.75, 3.05) is 14.1 Å². The molecule has 4 atom stereocenters. The quantitative estimate of drug-likeness (QED) is 0.559. The van der Waals surface area contributed by atoms with Crippen molar-refractivity contribution in [3.63, 3.8) is 0 Å². The molecule has 0 aromatic rings. The van der Waals surface area contributed by atoms with E-state index in [1.54, 1.807) is 6.92 Å². The van der Waals surface area contributed by atoms with E-state index in [1.807, 2.05) is 19.0 Å². The van der Waals surface area contributed by atoms with Crippen LogP contribution in [-0.4, -0.2) is 53.7 Å². The van der Waals surface area contributed by atoms with Crippen LogP contribution in [0, 0.1) is 0 Å². The number of likely N-dealkylation sites (N-methyl/N-ethyl adjacent to an activating group) is 1. The molecular formula is C8H17NO3. The van der Waals surface area contributed by atoms with Crippen LogP contribution >= 0.6 is 0 Å². The second kappa shape index (κ2) is 3.70. The van der Waals surface area contributed by atoms with Crippen LogP contribution in [0.1, 0.15) is 13.3 Å². The van der Waals surface area contributed by atoms with Gasteiger partial charge in [0.25, 0.3) is 0 Å².